The second-order valence-electron chi connectivity index (χ2n) is 6.42. The van der Waals surface area contributed by atoms with Crippen LogP contribution in [0.1, 0.15) is 51.9 Å². The summed E-state index contributed by atoms with van der Waals surface area (Å²) in [6.45, 7) is 1.98. The van der Waals surface area contributed by atoms with Crippen molar-refractivity contribution in [2.24, 2.45) is 5.92 Å². The number of ether oxygens (including phenoxy) is 1. The zero-order valence-corrected chi connectivity index (χ0v) is 13.3. The van der Waals surface area contributed by atoms with Crippen LogP contribution in [0.5, 0.6) is 0 Å². The van der Waals surface area contributed by atoms with Gasteiger partial charge < -0.3 is 20.5 Å². The third-order valence-electron chi connectivity index (χ3n) is 4.68. The van der Waals surface area contributed by atoms with E-state index in [1.54, 1.807) is 0 Å². The second kappa shape index (κ2) is 8.48. The van der Waals surface area contributed by atoms with Crippen molar-refractivity contribution in [2.45, 2.75) is 70.1 Å². The van der Waals surface area contributed by atoms with Crippen molar-refractivity contribution < 1.29 is 19.4 Å². The molecule has 3 N–H and O–H groups in total. The van der Waals surface area contributed by atoms with Crippen molar-refractivity contribution in [1.82, 2.24) is 10.6 Å². The van der Waals surface area contributed by atoms with Crippen LogP contribution in [-0.4, -0.2) is 48.3 Å². The minimum Gasteiger partial charge on any atom is -0.394 e. The normalized spacial score (nSPS) is 29.3. The first-order valence-electron chi connectivity index (χ1n) is 8.41. The largest absolute Gasteiger partial charge is 0.394 e. The molecule has 0 bridgehead atoms. The van der Waals surface area contributed by atoms with Gasteiger partial charge >= 0.3 is 0 Å². The first-order valence-corrected chi connectivity index (χ1v) is 8.41. The molecule has 2 fully saturated rings. The van der Waals surface area contributed by atoms with Gasteiger partial charge in [-0.3, -0.25) is 9.59 Å². The Morgan fingerprint density at radius 3 is 2.55 bits per heavy atom. The maximum absolute atomic E-state index is 11.9. The monoisotopic (exact) mass is 312 g/mol. The zero-order chi connectivity index (χ0) is 15.9. The molecule has 0 unspecified atom stereocenters. The standard InChI is InChI=1S/C16H28N2O4/c1-11(20)18-14-7-6-13(22-15(14)10-19)8-9-17-16(21)12-4-2-3-5-12/h12-15,19H,2-10H2,1H3,(H,17,21)(H,18,20)/t13-,14-,15+/m0/s1. The van der Waals surface area contributed by atoms with Crippen LogP contribution in [0.25, 0.3) is 0 Å². The number of carbonyl (C=O) groups is 2. The summed E-state index contributed by atoms with van der Waals surface area (Å²) in [6, 6.07) is -0.119. The maximum Gasteiger partial charge on any atom is 0.223 e. The molecule has 126 valence electrons. The average Bonchev–Trinajstić information content (AvgIpc) is 3.02. The molecule has 0 aromatic carbocycles. The maximum atomic E-state index is 11.9. The second-order valence-corrected chi connectivity index (χ2v) is 6.42. The Balaban J connectivity index is 1.68. The van der Waals surface area contributed by atoms with Gasteiger partial charge in [0.05, 0.1) is 18.8 Å². The summed E-state index contributed by atoms with van der Waals surface area (Å²) in [6.07, 6.45) is 6.40. The van der Waals surface area contributed by atoms with Crippen molar-refractivity contribution >= 4 is 11.8 Å². The number of carbonyl (C=O) groups excluding carboxylic acids is 2. The van der Waals surface area contributed by atoms with Crippen molar-refractivity contribution in [3.05, 3.63) is 0 Å². The smallest absolute Gasteiger partial charge is 0.223 e. The summed E-state index contributed by atoms with van der Waals surface area (Å²) in [4.78, 5) is 23.1. The molecule has 0 radical (unpaired) electrons. The van der Waals surface area contributed by atoms with Crippen LogP contribution >= 0.6 is 0 Å². The van der Waals surface area contributed by atoms with Gasteiger partial charge in [-0.1, -0.05) is 12.8 Å². The van der Waals surface area contributed by atoms with E-state index in [-0.39, 0.29) is 42.6 Å². The van der Waals surface area contributed by atoms with E-state index in [2.05, 4.69) is 10.6 Å². The minimum atomic E-state index is -0.354. The van der Waals surface area contributed by atoms with Crippen LogP contribution < -0.4 is 10.6 Å². The van der Waals surface area contributed by atoms with Gasteiger partial charge in [0.15, 0.2) is 0 Å². The Morgan fingerprint density at radius 1 is 1.18 bits per heavy atom. The Bertz CT molecular complexity index is 382. The molecule has 3 atom stereocenters. The van der Waals surface area contributed by atoms with Crippen LogP contribution in [0, 0.1) is 5.92 Å². The summed E-state index contributed by atoms with van der Waals surface area (Å²) in [7, 11) is 0. The number of hydrogen-bond donors (Lipinski definition) is 3. The van der Waals surface area contributed by atoms with Crippen molar-refractivity contribution in [1.29, 1.82) is 0 Å². The molecule has 6 nitrogen and oxygen atoms in total. The molecule has 22 heavy (non-hydrogen) atoms. The van der Waals surface area contributed by atoms with E-state index in [1.807, 2.05) is 0 Å². The van der Waals surface area contributed by atoms with Crippen molar-refractivity contribution in [3.63, 3.8) is 0 Å². The summed E-state index contributed by atoms with van der Waals surface area (Å²) in [5.74, 6) is 0.263. The van der Waals surface area contributed by atoms with Gasteiger partial charge in [-0.15, -0.1) is 0 Å². The summed E-state index contributed by atoms with van der Waals surface area (Å²) in [5.41, 5.74) is 0. The Kier molecular flexibility index (Phi) is 6.64. The van der Waals surface area contributed by atoms with Gasteiger partial charge in [-0.2, -0.15) is 0 Å². The Morgan fingerprint density at radius 2 is 1.91 bits per heavy atom. The lowest BCUT2D eigenvalue weighted by atomic mass is 9.97. The lowest BCUT2D eigenvalue weighted by molar-refractivity contribution is -0.128. The van der Waals surface area contributed by atoms with E-state index in [4.69, 9.17) is 4.74 Å². The van der Waals surface area contributed by atoms with Crippen molar-refractivity contribution in [2.75, 3.05) is 13.2 Å². The highest BCUT2D eigenvalue weighted by molar-refractivity contribution is 5.78. The highest BCUT2D eigenvalue weighted by Crippen LogP contribution is 2.25. The van der Waals surface area contributed by atoms with E-state index >= 15 is 0 Å². The molecular formula is C16H28N2O4. The number of amides is 2. The van der Waals surface area contributed by atoms with Crippen LogP contribution in [0.3, 0.4) is 0 Å². The van der Waals surface area contributed by atoms with E-state index in [1.165, 1.54) is 6.92 Å². The molecule has 1 aliphatic heterocycles. The SMILES string of the molecule is CC(=O)N[C@H]1CC[C@@H](CCNC(=O)C2CCCC2)O[C@@H]1CO. The van der Waals surface area contributed by atoms with Gasteiger partial charge in [0, 0.05) is 19.4 Å². The molecule has 1 saturated carbocycles. The number of aliphatic hydroxyl groups excluding tert-OH is 1. The zero-order valence-electron chi connectivity index (χ0n) is 13.3. The van der Waals surface area contributed by atoms with Gasteiger partial charge in [-0.25, -0.2) is 0 Å². The molecule has 6 heteroatoms. The number of aliphatic hydroxyl groups is 1. The summed E-state index contributed by atoms with van der Waals surface area (Å²) < 4.78 is 5.84. The van der Waals surface area contributed by atoms with Crippen LogP contribution in [-0.2, 0) is 14.3 Å². The van der Waals surface area contributed by atoms with E-state index in [9.17, 15) is 14.7 Å². The van der Waals surface area contributed by atoms with Crippen molar-refractivity contribution in [3.8, 4) is 0 Å². The topological polar surface area (TPSA) is 87.7 Å². The molecule has 1 saturated heterocycles. The quantitative estimate of drug-likeness (QED) is 0.674. The van der Waals surface area contributed by atoms with E-state index < -0.39 is 0 Å². The Labute approximate surface area is 132 Å². The molecule has 2 amide bonds. The van der Waals surface area contributed by atoms with E-state index in [0.29, 0.717) is 6.54 Å². The van der Waals surface area contributed by atoms with Gasteiger partial charge in [0.2, 0.25) is 11.8 Å². The molecule has 1 heterocycles. The lowest BCUT2D eigenvalue weighted by Gasteiger charge is -2.36. The summed E-state index contributed by atoms with van der Waals surface area (Å²) >= 11 is 0. The fourth-order valence-electron chi connectivity index (χ4n) is 3.46. The van der Waals surface area contributed by atoms with Gasteiger partial charge in [0.1, 0.15) is 6.10 Å². The predicted molar refractivity (Wildman–Crippen MR) is 82.2 cm³/mol. The first-order chi connectivity index (χ1) is 10.6. The Hall–Kier alpha value is -1.14. The fourth-order valence-corrected chi connectivity index (χ4v) is 3.46. The molecule has 2 aliphatic rings. The highest BCUT2D eigenvalue weighted by atomic mass is 16.5. The average molecular weight is 312 g/mol. The molecule has 0 aromatic heterocycles. The van der Waals surface area contributed by atoms with Gasteiger partial charge in [0.25, 0.3) is 0 Å². The van der Waals surface area contributed by atoms with Gasteiger partial charge in [-0.05, 0) is 32.1 Å². The number of nitrogens with one attached hydrogen (secondary N) is 2. The van der Waals surface area contributed by atoms with Crippen LogP contribution in [0.4, 0.5) is 0 Å². The van der Waals surface area contributed by atoms with E-state index in [0.717, 1.165) is 44.9 Å². The molecule has 2 rings (SSSR count). The van der Waals surface area contributed by atoms with Crippen LogP contribution in [0.15, 0.2) is 0 Å². The molecule has 0 aromatic rings. The third kappa shape index (κ3) is 4.95. The number of rotatable bonds is 6. The third-order valence-corrected chi connectivity index (χ3v) is 4.68. The molecule has 0 spiro atoms. The first kappa shape index (κ1) is 17.2. The highest BCUT2D eigenvalue weighted by Gasteiger charge is 2.31. The number of hydrogen-bond acceptors (Lipinski definition) is 4. The fraction of sp³-hybridized carbons (Fsp3) is 0.875. The minimum absolute atomic E-state index is 0.0334. The predicted octanol–water partition coefficient (Wildman–Crippen LogP) is 0.728. The molecule has 1 aliphatic carbocycles. The van der Waals surface area contributed by atoms with Crippen LogP contribution in [0.2, 0.25) is 0 Å². The summed E-state index contributed by atoms with van der Waals surface area (Å²) in [5, 5.41) is 15.2. The lowest BCUT2D eigenvalue weighted by Crippen LogP contribution is -2.50. The molecular weight excluding hydrogens is 284 g/mol.